The fourth-order valence-corrected chi connectivity index (χ4v) is 3.28. The van der Waals surface area contributed by atoms with Crippen LogP contribution in [0.1, 0.15) is 16.1 Å². The quantitative estimate of drug-likeness (QED) is 0.440. The second-order valence-corrected chi connectivity index (χ2v) is 6.92. The Morgan fingerprint density at radius 1 is 1.07 bits per heavy atom. The first-order valence-electron chi connectivity index (χ1n) is 8.80. The molecule has 0 N–H and O–H groups in total. The van der Waals surface area contributed by atoms with E-state index in [4.69, 9.17) is 11.6 Å². The van der Waals surface area contributed by atoms with E-state index in [1.54, 1.807) is 30.3 Å². The van der Waals surface area contributed by atoms with Crippen molar-refractivity contribution in [3.8, 4) is 11.3 Å². The molecule has 0 atom stereocenters. The number of nitrogens with zero attached hydrogens (tertiary/aromatic N) is 4. The molecule has 5 nitrogen and oxygen atoms in total. The predicted octanol–water partition coefficient (Wildman–Crippen LogP) is 5.35. The molecule has 152 valence electrons. The summed E-state index contributed by atoms with van der Waals surface area (Å²) in [4.78, 5) is 23.0. The van der Waals surface area contributed by atoms with Crippen molar-refractivity contribution in [3.05, 3.63) is 83.3 Å². The number of anilines is 1. The van der Waals surface area contributed by atoms with E-state index in [-0.39, 0.29) is 22.7 Å². The Morgan fingerprint density at radius 3 is 2.47 bits per heavy atom. The molecule has 0 bridgehead atoms. The number of aromatic nitrogens is 3. The van der Waals surface area contributed by atoms with Crippen LogP contribution < -0.4 is 4.90 Å². The second kappa shape index (κ2) is 7.46. The van der Waals surface area contributed by atoms with Crippen LogP contribution in [-0.2, 0) is 6.18 Å². The number of hydrogen-bond acceptors (Lipinski definition) is 3. The van der Waals surface area contributed by atoms with Gasteiger partial charge >= 0.3 is 6.18 Å². The molecule has 2 aromatic heterocycles. The zero-order valence-corrected chi connectivity index (χ0v) is 16.3. The maximum Gasteiger partial charge on any atom is 0.417 e. The molecule has 9 heteroatoms. The molecule has 30 heavy (non-hydrogen) atoms. The van der Waals surface area contributed by atoms with Gasteiger partial charge in [0.05, 0.1) is 5.56 Å². The smallest absolute Gasteiger partial charge is 0.310 e. The third kappa shape index (κ3) is 3.50. The number of halogens is 4. The van der Waals surface area contributed by atoms with Gasteiger partial charge in [-0.25, -0.2) is 9.97 Å². The van der Waals surface area contributed by atoms with Crippen LogP contribution in [0.4, 0.5) is 18.9 Å². The molecule has 0 spiro atoms. The summed E-state index contributed by atoms with van der Waals surface area (Å²) in [5.74, 6) is -0.415. The van der Waals surface area contributed by atoms with E-state index in [0.717, 1.165) is 6.07 Å². The number of carbonyl (C=O) groups excluding carboxylic acids is 1. The Hall–Kier alpha value is -3.39. The molecule has 0 saturated heterocycles. The summed E-state index contributed by atoms with van der Waals surface area (Å²) in [5, 5.41) is 0.499. The van der Waals surface area contributed by atoms with Gasteiger partial charge in [0.1, 0.15) is 11.4 Å². The SMILES string of the molecule is CN(C(=O)c1c(-c2ccccc2C(F)(F)F)nc2ncccn12)c1ccc(Cl)cc1. The van der Waals surface area contributed by atoms with Crippen LogP contribution in [0.5, 0.6) is 0 Å². The first-order valence-corrected chi connectivity index (χ1v) is 9.18. The topological polar surface area (TPSA) is 50.5 Å². The summed E-state index contributed by atoms with van der Waals surface area (Å²) in [5.41, 5.74) is -0.655. The van der Waals surface area contributed by atoms with E-state index in [1.165, 1.54) is 46.9 Å². The van der Waals surface area contributed by atoms with Gasteiger partial charge in [0.2, 0.25) is 5.78 Å². The third-order valence-electron chi connectivity index (χ3n) is 4.61. The average molecular weight is 431 g/mol. The van der Waals surface area contributed by atoms with Crippen LogP contribution in [0.3, 0.4) is 0 Å². The van der Waals surface area contributed by atoms with Gasteiger partial charge in [0.15, 0.2) is 0 Å². The lowest BCUT2D eigenvalue weighted by atomic mass is 10.0. The van der Waals surface area contributed by atoms with Crippen LogP contribution in [-0.4, -0.2) is 27.3 Å². The fourth-order valence-electron chi connectivity index (χ4n) is 3.16. The van der Waals surface area contributed by atoms with Gasteiger partial charge in [-0.2, -0.15) is 13.2 Å². The Bertz CT molecular complexity index is 1240. The Balaban J connectivity index is 1.93. The Morgan fingerprint density at radius 2 is 1.77 bits per heavy atom. The normalized spacial score (nSPS) is 11.6. The minimum atomic E-state index is -4.61. The van der Waals surface area contributed by atoms with Crippen molar-refractivity contribution in [1.82, 2.24) is 14.4 Å². The monoisotopic (exact) mass is 430 g/mol. The standard InChI is InChI=1S/C21H14ClF3N4O/c1-28(14-9-7-13(22)8-10-14)19(30)18-17(27-20-26-11-4-12-29(18)20)15-5-2-3-6-16(15)21(23,24)25/h2-12H,1H3. The van der Waals surface area contributed by atoms with Gasteiger partial charge in [-0.3, -0.25) is 9.20 Å². The number of benzene rings is 2. The number of amides is 1. The van der Waals surface area contributed by atoms with E-state index in [9.17, 15) is 18.0 Å². The van der Waals surface area contributed by atoms with E-state index >= 15 is 0 Å². The highest BCUT2D eigenvalue weighted by Crippen LogP contribution is 2.38. The molecular weight excluding hydrogens is 417 g/mol. The number of alkyl halides is 3. The maximum atomic E-state index is 13.6. The number of rotatable bonds is 3. The molecule has 2 heterocycles. The van der Waals surface area contributed by atoms with Crippen molar-refractivity contribution < 1.29 is 18.0 Å². The summed E-state index contributed by atoms with van der Waals surface area (Å²) in [6.07, 6.45) is -1.61. The van der Waals surface area contributed by atoms with Gasteiger partial charge < -0.3 is 4.90 Å². The highest BCUT2D eigenvalue weighted by molar-refractivity contribution is 6.30. The molecule has 4 rings (SSSR count). The van der Waals surface area contributed by atoms with Crippen molar-refractivity contribution in [2.45, 2.75) is 6.18 Å². The lowest BCUT2D eigenvalue weighted by Gasteiger charge is -2.18. The van der Waals surface area contributed by atoms with Gasteiger partial charge in [0, 0.05) is 35.7 Å². The van der Waals surface area contributed by atoms with Crippen molar-refractivity contribution >= 4 is 29.0 Å². The molecule has 0 radical (unpaired) electrons. The van der Waals surface area contributed by atoms with Gasteiger partial charge in [-0.1, -0.05) is 29.8 Å². The number of imidazole rings is 1. The van der Waals surface area contributed by atoms with Crippen molar-refractivity contribution in [2.75, 3.05) is 11.9 Å². The minimum Gasteiger partial charge on any atom is -0.310 e. The largest absolute Gasteiger partial charge is 0.417 e. The molecule has 0 aliphatic rings. The van der Waals surface area contributed by atoms with Crippen molar-refractivity contribution in [2.24, 2.45) is 0 Å². The first-order chi connectivity index (χ1) is 14.3. The number of hydrogen-bond donors (Lipinski definition) is 0. The molecule has 1 amide bonds. The van der Waals surface area contributed by atoms with Gasteiger partial charge in [0.25, 0.3) is 5.91 Å². The molecule has 0 fully saturated rings. The lowest BCUT2D eigenvalue weighted by Crippen LogP contribution is -2.28. The van der Waals surface area contributed by atoms with Crippen molar-refractivity contribution in [1.29, 1.82) is 0 Å². The predicted molar refractivity (Wildman–Crippen MR) is 108 cm³/mol. The molecule has 0 aliphatic heterocycles. The average Bonchev–Trinajstić information content (AvgIpc) is 3.12. The molecule has 0 aliphatic carbocycles. The summed E-state index contributed by atoms with van der Waals surface area (Å²) in [6, 6.07) is 13.1. The highest BCUT2D eigenvalue weighted by Gasteiger charge is 2.36. The summed E-state index contributed by atoms with van der Waals surface area (Å²) in [7, 11) is 1.53. The third-order valence-corrected chi connectivity index (χ3v) is 4.86. The molecule has 0 saturated carbocycles. The van der Waals surface area contributed by atoms with E-state index < -0.39 is 17.6 Å². The van der Waals surface area contributed by atoms with Gasteiger partial charge in [-0.15, -0.1) is 0 Å². The minimum absolute atomic E-state index is 0.0211. The number of carbonyl (C=O) groups is 1. The zero-order chi connectivity index (χ0) is 21.5. The Labute approximate surface area is 174 Å². The van der Waals surface area contributed by atoms with Crippen LogP contribution in [0, 0.1) is 0 Å². The van der Waals surface area contributed by atoms with Gasteiger partial charge in [-0.05, 0) is 36.4 Å². The molecular formula is C21H14ClF3N4O. The van der Waals surface area contributed by atoms with Crippen LogP contribution in [0.25, 0.3) is 17.0 Å². The van der Waals surface area contributed by atoms with E-state index in [2.05, 4.69) is 9.97 Å². The van der Waals surface area contributed by atoms with Crippen LogP contribution in [0.2, 0.25) is 5.02 Å². The van der Waals surface area contributed by atoms with Crippen molar-refractivity contribution in [3.63, 3.8) is 0 Å². The lowest BCUT2D eigenvalue weighted by molar-refractivity contribution is -0.137. The zero-order valence-electron chi connectivity index (χ0n) is 15.6. The fraction of sp³-hybridized carbons (Fsp3) is 0.0952. The summed E-state index contributed by atoms with van der Waals surface area (Å²) < 4.78 is 42.3. The maximum absolute atomic E-state index is 13.6. The number of fused-ring (bicyclic) bond motifs is 1. The highest BCUT2D eigenvalue weighted by atomic mass is 35.5. The summed E-state index contributed by atoms with van der Waals surface area (Å²) >= 11 is 5.91. The van der Waals surface area contributed by atoms with E-state index in [0.29, 0.717) is 10.7 Å². The molecule has 0 unspecified atom stereocenters. The van der Waals surface area contributed by atoms with Crippen LogP contribution in [0.15, 0.2) is 67.0 Å². The first kappa shape index (κ1) is 19.9. The molecule has 2 aromatic carbocycles. The van der Waals surface area contributed by atoms with E-state index in [1.807, 2.05) is 0 Å². The second-order valence-electron chi connectivity index (χ2n) is 6.48. The van der Waals surface area contributed by atoms with Crippen LogP contribution >= 0.6 is 11.6 Å². The Kier molecular flexibility index (Phi) is 4.95. The summed E-state index contributed by atoms with van der Waals surface area (Å²) in [6.45, 7) is 0. The molecule has 4 aromatic rings.